The molecule has 1 amide bonds. The summed E-state index contributed by atoms with van der Waals surface area (Å²) in [7, 11) is 0. The summed E-state index contributed by atoms with van der Waals surface area (Å²) in [5.74, 6) is -1.32. The minimum Gasteiger partial charge on any atom is -0.481 e. The van der Waals surface area contributed by atoms with E-state index in [1.54, 1.807) is 0 Å². The molecule has 0 atom stereocenters. The molecule has 15 heavy (non-hydrogen) atoms. The first-order chi connectivity index (χ1) is 6.91. The Morgan fingerprint density at radius 1 is 1.47 bits per heavy atom. The first-order valence-corrected chi connectivity index (χ1v) is 5.45. The fourth-order valence-corrected chi connectivity index (χ4v) is 2.55. The Bertz CT molecular complexity index is 416. The second kappa shape index (κ2) is 4.83. The second-order valence-electron chi connectivity index (χ2n) is 2.74. The zero-order valence-corrected chi connectivity index (χ0v) is 9.96. The normalized spacial score (nSPS) is 10.1. The smallest absolute Gasteiger partial charge is 0.308 e. The Balaban J connectivity index is 3.08. The molecule has 2 N–H and O–H groups in total. The molecule has 0 aliphatic carbocycles. The van der Waals surface area contributed by atoms with E-state index >= 15 is 0 Å². The number of hydrogen-bond donors (Lipinski definition) is 2. The van der Waals surface area contributed by atoms with Gasteiger partial charge in [-0.1, -0.05) is 23.2 Å². The van der Waals surface area contributed by atoms with Crippen LogP contribution in [0.2, 0.25) is 9.36 Å². The molecule has 0 saturated carbocycles. The van der Waals surface area contributed by atoms with Gasteiger partial charge in [0.1, 0.15) is 4.34 Å². The predicted molar refractivity (Wildman–Crippen MR) is 60.0 cm³/mol. The van der Waals surface area contributed by atoms with Gasteiger partial charge in [0, 0.05) is 11.8 Å². The van der Waals surface area contributed by atoms with Gasteiger partial charge in [0.2, 0.25) is 5.91 Å². The summed E-state index contributed by atoms with van der Waals surface area (Å²) >= 11 is 12.6. The van der Waals surface area contributed by atoms with Crippen LogP contribution >= 0.6 is 34.5 Å². The Morgan fingerprint density at radius 3 is 2.53 bits per heavy atom. The quantitative estimate of drug-likeness (QED) is 0.885. The zero-order valence-electron chi connectivity index (χ0n) is 7.63. The van der Waals surface area contributed by atoms with Crippen molar-refractivity contribution in [1.82, 2.24) is 0 Å². The first-order valence-electron chi connectivity index (χ1n) is 3.88. The monoisotopic (exact) mass is 267 g/mol. The van der Waals surface area contributed by atoms with Gasteiger partial charge in [0.05, 0.1) is 17.1 Å². The molecule has 4 nitrogen and oxygen atoms in total. The van der Waals surface area contributed by atoms with Gasteiger partial charge in [0.25, 0.3) is 0 Å². The number of carbonyl (C=O) groups excluding carboxylic acids is 1. The fraction of sp³-hybridized carbons (Fsp3) is 0.250. The molecule has 0 spiro atoms. The van der Waals surface area contributed by atoms with E-state index in [2.05, 4.69) is 5.32 Å². The third kappa shape index (κ3) is 3.09. The molecular formula is C8H7Cl2NO3S. The number of carboxylic acid groups (broad SMARTS) is 1. The van der Waals surface area contributed by atoms with E-state index in [-0.39, 0.29) is 21.7 Å². The van der Waals surface area contributed by atoms with Crippen LogP contribution in [0.1, 0.15) is 11.8 Å². The van der Waals surface area contributed by atoms with Crippen LogP contribution in [0.3, 0.4) is 0 Å². The molecule has 0 radical (unpaired) electrons. The lowest BCUT2D eigenvalue weighted by molar-refractivity contribution is -0.136. The maximum atomic E-state index is 10.9. The highest BCUT2D eigenvalue weighted by Crippen LogP contribution is 2.41. The second-order valence-corrected chi connectivity index (χ2v) is 4.82. The predicted octanol–water partition coefficient (Wildman–Crippen LogP) is 2.64. The average Bonchev–Trinajstić information content (AvgIpc) is 2.31. The van der Waals surface area contributed by atoms with Crippen molar-refractivity contribution in [2.75, 3.05) is 5.32 Å². The van der Waals surface area contributed by atoms with E-state index in [0.29, 0.717) is 10.6 Å². The minimum absolute atomic E-state index is 0.188. The number of thiophene rings is 1. The van der Waals surface area contributed by atoms with Crippen LogP contribution in [0.5, 0.6) is 0 Å². The summed E-state index contributed by atoms with van der Waals surface area (Å²) in [5.41, 5.74) is 0.293. The molecule has 0 aliphatic rings. The number of amides is 1. The molecular weight excluding hydrogens is 261 g/mol. The maximum absolute atomic E-state index is 10.9. The molecule has 1 aromatic heterocycles. The van der Waals surface area contributed by atoms with Gasteiger partial charge in [-0.05, 0) is 0 Å². The summed E-state index contributed by atoms with van der Waals surface area (Å²) < 4.78 is 0.275. The van der Waals surface area contributed by atoms with Crippen LogP contribution in [0.25, 0.3) is 0 Å². The van der Waals surface area contributed by atoms with Crippen molar-refractivity contribution in [3.05, 3.63) is 14.2 Å². The number of carbonyl (C=O) groups is 2. The number of halogens is 2. The third-order valence-electron chi connectivity index (χ3n) is 1.50. The Labute approximate surface area is 99.8 Å². The van der Waals surface area contributed by atoms with Crippen molar-refractivity contribution in [2.45, 2.75) is 13.3 Å². The minimum atomic E-state index is -1.00. The van der Waals surface area contributed by atoms with Crippen LogP contribution in [0.4, 0.5) is 5.69 Å². The lowest BCUT2D eigenvalue weighted by Gasteiger charge is -2.02. The van der Waals surface area contributed by atoms with E-state index in [1.807, 2.05) is 0 Å². The van der Waals surface area contributed by atoms with Gasteiger partial charge in [-0.3, -0.25) is 9.59 Å². The molecule has 1 heterocycles. The molecule has 0 aromatic carbocycles. The van der Waals surface area contributed by atoms with Gasteiger partial charge in [-0.25, -0.2) is 0 Å². The number of aliphatic carboxylic acids is 1. The van der Waals surface area contributed by atoms with E-state index in [4.69, 9.17) is 28.3 Å². The van der Waals surface area contributed by atoms with Crippen LogP contribution in [0, 0.1) is 0 Å². The lowest BCUT2D eigenvalue weighted by atomic mass is 10.3. The zero-order chi connectivity index (χ0) is 11.6. The lowest BCUT2D eigenvalue weighted by Crippen LogP contribution is -2.08. The average molecular weight is 268 g/mol. The highest BCUT2D eigenvalue weighted by Gasteiger charge is 2.18. The molecule has 1 rings (SSSR count). The number of anilines is 1. The molecule has 0 saturated heterocycles. The van der Waals surface area contributed by atoms with Crippen molar-refractivity contribution in [3.63, 3.8) is 0 Å². The van der Waals surface area contributed by atoms with Gasteiger partial charge in [0.15, 0.2) is 0 Å². The van der Waals surface area contributed by atoms with Crippen LogP contribution < -0.4 is 5.32 Å². The summed E-state index contributed by atoms with van der Waals surface area (Å²) in [6.45, 7) is 1.31. The van der Waals surface area contributed by atoms with Crippen molar-refractivity contribution in [2.24, 2.45) is 0 Å². The molecule has 7 heteroatoms. The number of rotatable bonds is 3. The first kappa shape index (κ1) is 12.3. The van der Waals surface area contributed by atoms with E-state index in [9.17, 15) is 9.59 Å². The maximum Gasteiger partial charge on any atom is 0.308 e. The number of carboxylic acids is 1. The standard InChI is InChI=1S/C8H7Cl2NO3S/c1-3(12)11-7-4(2-5(13)14)15-8(10)6(7)9/h2H2,1H3,(H,11,12)(H,13,14). The highest BCUT2D eigenvalue weighted by atomic mass is 35.5. The van der Waals surface area contributed by atoms with Crippen molar-refractivity contribution < 1.29 is 14.7 Å². The fourth-order valence-electron chi connectivity index (χ4n) is 0.987. The molecule has 0 aliphatic heterocycles. The van der Waals surface area contributed by atoms with Gasteiger partial charge in [-0.2, -0.15) is 0 Å². The topological polar surface area (TPSA) is 66.4 Å². The third-order valence-corrected chi connectivity index (χ3v) is 3.48. The van der Waals surface area contributed by atoms with Crippen molar-refractivity contribution in [1.29, 1.82) is 0 Å². The van der Waals surface area contributed by atoms with E-state index < -0.39 is 5.97 Å². The van der Waals surface area contributed by atoms with Gasteiger partial charge >= 0.3 is 5.97 Å². The highest BCUT2D eigenvalue weighted by molar-refractivity contribution is 7.17. The SMILES string of the molecule is CC(=O)Nc1c(CC(=O)O)sc(Cl)c1Cl. The molecule has 1 aromatic rings. The van der Waals surface area contributed by atoms with Crippen molar-refractivity contribution in [3.8, 4) is 0 Å². The summed E-state index contributed by atoms with van der Waals surface area (Å²) in [6, 6.07) is 0. The van der Waals surface area contributed by atoms with Crippen molar-refractivity contribution >= 4 is 52.1 Å². The Morgan fingerprint density at radius 2 is 2.07 bits per heavy atom. The van der Waals surface area contributed by atoms with Crippen LogP contribution in [0.15, 0.2) is 0 Å². The molecule has 0 unspecified atom stereocenters. The number of nitrogens with one attached hydrogen (secondary N) is 1. The Hall–Kier alpha value is -0.780. The number of hydrogen-bond acceptors (Lipinski definition) is 3. The van der Waals surface area contributed by atoms with E-state index in [1.165, 1.54) is 6.92 Å². The summed E-state index contributed by atoms with van der Waals surface area (Å²) in [6.07, 6.45) is -0.216. The van der Waals surface area contributed by atoms with Crippen LogP contribution in [-0.4, -0.2) is 17.0 Å². The molecule has 0 bridgehead atoms. The van der Waals surface area contributed by atoms with E-state index in [0.717, 1.165) is 11.3 Å². The molecule has 82 valence electrons. The van der Waals surface area contributed by atoms with Gasteiger partial charge in [-0.15, -0.1) is 11.3 Å². The van der Waals surface area contributed by atoms with Crippen LogP contribution in [-0.2, 0) is 16.0 Å². The summed E-state index contributed by atoms with van der Waals surface area (Å²) in [5, 5.41) is 11.3. The Kier molecular flexibility index (Phi) is 3.96. The largest absolute Gasteiger partial charge is 0.481 e. The summed E-state index contributed by atoms with van der Waals surface area (Å²) in [4.78, 5) is 21.8. The van der Waals surface area contributed by atoms with Gasteiger partial charge < -0.3 is 10.4 Å². The molecule has 0 fully saturated rings.